The molecule has 0 saturated carbocycles. The summed E-state index contributed by atoms with van der Waals surface area (Å²) < 4.78 is 0. The van der Waals surface area contributed by atoms with Crippen LogP contribution < -0.4 is 0 Å². The summed E-state index contributed by atoms with van der Waals surface area (Å²) in [6.45, 7) is 0.904. The van der Waals surface area contributed by atoms with Crippen molar-refractivity contribution in [1.29, 1.82) is 0 Å². The molecule has 0 amide bonds. The molecule has 0 bridgehead atoms. The van der Waals surface area contributed by atoms with Crippen LogP contribution in [0.15, 0.2) is 59.9 Å². The lowest BCUT2D eigenvalue weighted by Gasteiger charge is -2.08. The van der Waals surface area contributed by atoms with Crippen LogP contribution in [0.25, 0.3) is 0 Å². The van der Waals surface area contributed by atoms with Crippen molar-refractivity contribution in [3.05, 3.63) is 66.0 Å². The molecule has 17 heavy (non-hydrogen) atoms. The van der Waals surface area contributed by atoms with Gasteiger partial charge in [-0.05, 0) is 29.7 Å². The molecular formula is C15H14N2. The van der Waals surface area contributed by atoms with Gasteiger partial charge in [-0.3, -0.25) is 9.98 Å². The van der Waals surface area contributed by atoms with Gasteiger partial charge in [-0.2, -0.15) is 0 Å². The lowest BCUT2D eigenvalue weighted by atomic mass is 9.94. The van der Waals surface area contributed by atoms with Crippen LogP contribution in [0.5, 0.6) is 0 Å². The molecule has 2 heterocycles. The van der Waals surface area contributed by atoms with Crippen molar-refractivity contribution in [2.24, 2.45) is 4.99 Å². The average molecular weight is 222 g/mol. The van der Waals surface area contributed by atoms with Crippen LogP contribution in [0.1, 0.15) is 23.5 Å². The molecule has 3 rings (SSSR count). The summed E-state index contributed by atoms with van der Waals surface area (Å²) in [5.74, 6) is 0.541. The SMILES string of the molecule is c1ccc(C2CN=C(c3ccncc3)C2)cc1. The van der Waals surface area contributed by atoms with Gasteiger partial charge in [0.05, 0.1) is 0 Å². The topological polar surface area (TPSA) is 25.2 Å². The number of aliphatic imine (C=N–C) groups is 1. The number of nitrogens with zero attached hydrogens (tertiary/aromatic N) is 2. The molecule has 1 aliphatic rings. The van der Waals surface area contributed by atoms with E-state index in [0.29, 0.717) is 5.92 Å². The van der Waals surface area contributed by atoms with E-state index in [4.69, 9.17) is 0 Å². The summed E-state index contributed by atoms with van der Waals surface area (Å²) >= 11 is 0. The summed E-state index contributed by atoms with van der Waals surface area (Å²) in [7, 11) is 0. The van der Waals surface area contributed by atoms with E-state index < -0.39 is 0 Å². The Bertz CT molecular complexity index is 517. The third-order valence-electron chi connectivity index (χ3n) is 3.23. The molecule has 2 aromatic rings. The first-order valence-corrected chi connectivity index (χ1v) is 5.92. The zero-order valence-electron chi connectivity index (χ0n) is 9.58. The third-order valence-corrected chi connectivity index (χ3v) is 3.23. The van der Waals surface area contributed by atoms with Crippen molar-refractivity contribution in [3.8, 4) is 0 Å². The van der Waals surface area contributed by atoms with Crippen molar-refractivity contribution in [2.45, 2.75) is 12.3 Å². The smallest absolute Gasteiger partial charge is 0.0465 e. The van der Waals surface area contributed by atoms with Gasteiger partial charge in [-0.25, -0.2) is 0 Å². The molecule has 0 aliphatic carbocycles. The highest BCUT2D eigenvalue weighted by atomic mass is 14.8. The fourth-order valence-corrected chi connectivity index (χ4v) is 2.28. The van der Waals surface area contributed by atoms with E-state index in [0.717, 1.165) is 13.0 Å². The van der Waals surface area contributed by atoms with E-state index in [-0.39, 0.29) is 0 Å². The minimum Gasteiger partial charge on any atom is -0.288 e. The van der Waals surface area contributed by atoms with Crippen LogP contribution >= 0.6 is 0 Å². The number of hydrogen-bond donors (Lipinski definition) is 0. The molecule has 0 radical (unpaired) electrons. The summed E-state index contributed by atoms with van der Waals surface area (Å²) in [6, 6.07) is 14.7. The second-order valence-corrected chi connectivity index (χ2v) is 4.34. The Labute approximate surface area is 101 Å². The molecule has 2 nitrogen and oxygen atoms in total. The van der Waals surface area contributed by atoms with Crippen molar-refractivity contribution in [3.63, 3.8) is 0 Å². The van der Waals surface area contributed by atoms with Gasteiger partial charge in [0.2, 0.25) is 0 Å². The highest BCUT2D eigenvalue weighted by Gasteiger charge is 2.20. The largest absolute Gasteiger partial charge is 0.288 e. The Morgan fingerprint density at radius 1 is 0.941 bits per heavy atom. The molecule has 1 aromatic carbocycles. The lowest BCUT2D eigenvalue weighted by Crippen LogP contribution is -2.01. The maximum absolute atomic E-state index is 4.65. The van der Waals surface area contributed by atoms with E-state index in [9.17, 15) is 0 Å². The molecule has 2 heteroatoms. The van der Waals surface area contributed by atoms with E-state index in [1.165, 1.54) is 16.8 Å². The number of rotatable bonds is 2. The molecule has 1 aromatic heterocycles. The minimum atomic E-state index is 0.541. The first-order valence-electron chi connectivity index (χ1n) is 5.92. The summed E-state index contributed by atoms with van der Waals surface area (Å²) in [6.07, 6.45) is 4.69. The normalized spacial score (nSPS) is 19.1. The average Bonchev–Trinajstić information content (AvgIpc) is 2.90. The Balaban J connectivity index is 1.78. The van der Waals surface area contributed by atoms with Gasteiger partial charge in [0.1, 0.15) is 0 Å². The maximum Gasteiger partial charge on any atom is 0.0465 e. The van der Waals surface area contributed by atoms with Crippen LogP contribution in [0, 0.1) is 0 Å². The second kappa shape index (κ2) is 4.50. The van der Waals surface area contributed by atoms with Gasteiger partial charge < -0.3 is 0 Å². The van der Waals surface area contributed by atoms with E-state index in [2.05, 4.69) is 40.3 Å². The fourth-order valence-electron chi connectivity index (χ4n) is 2.28. The van der Waals surface area contributed by atoms with Crippen molar-refractivity contribution in [2.75, 3.05) is 6.54 Å². The standard InChI is InChI=1S/C15H14N2/c1-2-4-12(5-3-1)14-10-15(17-11-14)13-6-8-16-9-7-13/h1-9,14H,10-11H2. The van der Waals surface area contributed by atoms with E-state index in [1.807, 2.05) is 24.5 Å². The van der Waals surface area contributed by atoms with Gasteiger partial charge in [-0.15, -0.1) is 0 Å². The van der Waals surface area contributed by atoms with Gasteiger partial charge in [0.15, 0.2) is 0 Å². The van der Waals surface area contributed by atoms with Crippen molar-refractivity contribution >= 4 is 5.71 Å². The van der Waals surface area contributed by atoms with Crippen molar-refractivity contribution in [1.82, 2.24) is 4.98 Å². The van der Waals surface area contributed by atoms with Gasteiger partial charge >= 0.3 is 0 Å². The molecule has 84 valence electrons. The maximum atomic E-state index is 4.65. The second-order valence-electron chi connectivity index (χ2n) is 4.34. The van der Waals surface area contributed by atoms with Gasteiger partial charge in [-0.1, -0.05) is 30.3 Å². The quantitative estimate of drug-likeness (QED) is 0.766. The van der Waals surface area contributed by atoms with Crippen LogP contribution in [0.4, 0.5) is 0 Å². The Morgan fingerprint density at radius 3 is 2.47 bits per heavy atom. The Kier molecular flexibility index (Phi) is 2.70. The first kappa shape index (κ1) is 10.2. The number of hydrogen-bond acceptors (Lipinski definition) is 2. The summed E-state index contributed by atoms with van der Waals surface area (Å²) in [5.41, 5.74) is 3.81. The van der Waals surface area contributed by atoms with Gasteiger partial charge in [0.25, 0.3) is 0 Å². The molecular weight excluding hydrogens is 208 g/mol. The Morgan fingerprint density at radius 2 is 1.71 bits per heavy atom. The fraction of sp³-hybridized carbons (Fsp3) is 0.200. The molecule has 0 spiro atoms. The molecule has 1 atom stereocenters. The van der Waals surface area contributed by atoms with E-state index in [1.54, 1.807) is 0 Å². The first-order chi connectivity index (χ1) is 8.43. The molecule has 0 fully saturated rings. The van der Waals surface area contributed by atoms with Crippen LogP contribution in [0.2, 0.25) is 0 Å². The number of pyridine rings is 1. The van der Waals surface area contributed by atoms with Crippen LogP contribution in [0.3, 0.4) is 0 Å². The monoisotopic (exact) mass is 222 g/mol. The number of aromatic nitrogens is 1. The molecule has 0 N–H and O–H groups in total. The zero-order valence-corrected chi connectivity index (χ0v) is 9.58. The highest BCUT2D eigenvalue weighted by molar-refractivity contribution is 6.02. The molecule has 1 aliphatic heterocycles. The third kappa shape index (κ3) is 2.11. The molecule has 1 unspecified atom stereocenters. The summed E-state index contributed by atoms with van der Waals surface area (Å²) in [5, 5.41) is 0. The summed E-state index contributed by atoms with van der Waals surface area (Å²) in [4.78, 5) is 8.69. The lowest BCUT2D eigenvalue weighted by molar-refractivity contribution is 0.779. The predicted molar refractivity (Wildman–Crippen MR) is 69.4 cm³/mol. The molecule has 0 saturated heterocycles. The highest BCUT2D eigenvalue weighted by Crippen LogP contribution is 2.27. The van der Waals surface area contributed by atoms with Crippen LogP contribution in [-0.2, 0) is 0 Å². The minimum absolute atomic E-state index is 0.541. The van der Waals surface area contributed by atoms with E-state index >= 15 is 0 Å². The predicted octanol–water partition coefficient (Wildman–Crippen LogP) is 3.06. The Hall–Kier alpha value is -1.96. The van der Waals surface area contributed by atoms with Gasteiger partial charge in [0, 0.05) is 30.6 Å². The number of benzene rings is 1. The van der Waals surface area contributed by atoms with Crippen molar-refractivity contribution < 1.29 is 0 Å². The zero-order chi connectivity index (χ0) is 11.5. The van der Waals surface area contributed by atoms with Crippen LogP contribution in [-0.4, -0.2) is 17.2 Å².